The van der Waals surface area contributed by atoms with Crippen molar-refractivity contribution in [3.63, 3.8) is 0 Å². The summed E-state index contributed by atoms with van der Waals surface area (Å²) in [5.74, 6) is -0.708. The van der Waals surface area contributed by atoms with Crippen LogP contribution in [0.5, 0.6) is 0 Å². The zero-order chi connectivity index (χ0) is 18.4. The van der Waals surface area contributed by atoms with Crippen molar-refractivity contribution in [2.24, 2.45) is 0 Å². The van der Waals surface area contributed by atoms with Gasteiger partial charge >= 0.3 is 5.97 Å². The number of carbonyl (C=O) groups is 1. The van der Waals surface area contributed by atoms with E-state index in [0.29, 0.717) is 10.9 Å². The number of hydrogen-bond donors (Lipinski definition) is 0. The van der Waals surface area contributed by atoms with Crippen LogP contribution in [0, 0.1) is 13.8 Å². The van der Waals surface area contributed by atoms with Gasteiger partial charge in [0.15, 0.2) is 0 Å². The van der Waals surface area contributed by atoms with Crippen LogP contribution in [0.15, 0.2) is 51.8 Å². The monoisotopic (exact) mass is 421 g/mol. The van der Waals surface area contributed by atoms with Crippen LogP contribution in [-0.2, 0) is 14.8 Å². The third-order valence-corrected chi connectivity index (χ3v) is 6.59. The van der Waals surface area contributed by atoms with Gasteiger partial charge in [-0.15, -0.1) is 0 Å². The third-order valence-electron chi connectivity index (χ3n) is 3.99. The lowest BCUT2D eigenvalue weighted by Crippen LogP contribution is -2.19. The standard InChI is InChI=1S/C18H16BrNO4S/c1-11-4-6-14(7-5-11)25(22,23)20-16-10-15(19)12(2)8-13(16)9-17(20)18(21)24-3/h4-10H,1-3H3. The van der Waals surface area contributed by atoms with Crippen LogP contribution in [0.25, 0.3) is 10.9 Å². The molecule has 0 unspecified atom stereocenters. The largest absolute Gasteiger partial charge is 0.464 e. The average molecular weight is 422 g/mol. The first kappa shape index (κ1) is 17.7. The molecule has 3 aromatic rings. The molecule has 0 radical (unpaired) electrons. The van der Waals surface area contributed by atoms with Gasteiger partial charge in [-0.3, -0.25) is 0 Å². The van der Waals surface area contributed by atoms with Gasteiger partial charge in [0.1, 0.15) is 5.69 Å². The summed E-state index contributed by atoms with van der Waals surface area (Å²) in [5, 5.41) is 0.650. The van der Waals surface area contributed by atoms with E-state index in [1.807, 2.05) is 19.9 Å². The summed E-state index contributed by atoms with van der Waals surface area (Å²) >= 11 is 3.42. The fourth-order valence-corrected chi connectivity index (χ4v) is 4.47. The van der Waals surface area contributed by atoms with Crippen LogP contribution in [0.2, 0.25) is 0 Å². The Morgan fingerprint density at radius 1 is 1.08 bits per heavy atom. The van der Waals surface area contributed by atoms with Crippen LogP contribution >= 0.6 is 15.9 Å². The van der Waals surface area contributed by atoms with Crippen molar-refractivity contribution in [3.8, 4) is 0 Å². The molecule has 130 valence electrons. The Balaban J connectivity index is 2.38. The normalized spacial score (nSPS) is 11.7. The maximum absolute atomic E-state index is 13.2. The molecule has 1 heterocycles. The first-order chi connectivity index (χ1) is 11.8. The van der Waals surface area contributed by atoms with E-state index in [1.54, 1.807) is 18.2 Å². The van der Waals surface area contributed by atoms with Crippen LogP contribution in [-0.4, -0.2) is 25.5 Å². The van der Waals surface area contributed by atoms with E-state index in [-0.39, 0.29) is 10.6 Å². The number of benzene rings is 2. The van der Waals surface area contributed by atoms with E-state index in [4.69, 9.17) is 4.74 Å². The fraction of sp³-hybridized carbons (Fsp3) is 0.167. The molecule has 3 rings (SSSR count). The molecular weight excluding hydrogens is 406 g/mol. The van der Waals surface area contributed by atoms with Crippen molar-refractivity contribution >= 4 is 42.8 Å². The molecule has 5 nitrogen and oxygen atoms in total. The summed E-state index contributed by atoms with van der Waals surface area (Å²) in [6, 6.07) is 11.6. The minimum Gasteiger partial charge on any atom is -0.464 e. The van der Waals surface area contributed by atoms with Crippen LogP contribution in [0.4, 0.5) is 0 Å². The Hall–Kier alpha value is -2.12. The highest BCUT2D eigenvalue weighted by molar-refractivity contribution is 9.10. The van der Waals surface area contributed by atoms with Crippen molar-refractivity contribution < 1.29 is 17.9 Å². The summed E-state index contributed by atoms with van der Waals surface area (Å²) in [6.45, 7) is 3.77. The number of esters is 1. The van der Waals surface area contributed by atoms with Gasteiger partial charge in [0.05, 0.1) is 17.5 Å². The number of carbonyl (C=O) groups excluding carboxylic acids is 1. The van der Waals surface area contributed by atoms with Gasteiger partial charge in [-0.05, 0) is 49.7 Å². The van der Waals surface area contributed by atoms with E-state index in [9.17, 15) is 13.2 Å². The predicted molar refractivity (Wildman–Crippen MR) is 99.5 cm³/mol. The Bertz CT molecular complexity index is 1080. The molecule has 2 aromatic carbocycles. The number of ether oxygens (including phenoxy) is 1. The van der Waals surface area contributed by atoms with E-state index < -0.39 is 16.0 Å². The quantitative estimate of drug-likeness (QED) is 0.598. The van der Waals surface area contributed by atoms with E-state index >= 15 is 0 Å². The van der Waals surface area contributed by atoms with Crippen molar-refractivity contribution in [2.75, 3.05) is 7.11 Å². The molecule has 0 aliphatic rings. The molecule has 0 aliphatic heterocycles. The number of halogens is 1. The van der Waals surface area contributed by atoms with Crippen molar-refractivity contribution in [1.82, 2.24) is 3.97 Å². The van der Waals surface area contributed by atoms with Gasteiger partial charge < -0.3 is 4.74 Å². The second-order valence-corrected chi connectivity index (χ2v) is 8.40. The lowest BCUT2D eigenvalue weighted by atomic mass is 10.2. The zero-order valence-electron chi connectivity index (χ0n) is 13.9. The summed E-state index contributed by atoms with van der Waals surface area (Å²) in [4.78, 5) is 12.3. The van der Waals surface area contributed by atoms with Gasteiger partial charge in [-0.1, -0.05) is 33.6 Å². The van der Waals surface area contributed by atoms with Gasteiger partial charge in [0.2, 0.25) is 0 Å². The fourth-order valence-electron chi connectivity index (χ4n) is 2.64. The highest BCUT2D eigenvalue weighted by Gasteiger charge is 2.27. The highest BCUT2D eigenvalue weighted by atomic mass is 79.9. The van der Waals surface area contributed by atoms with Gasteiger partial charge in [-0.25, -0.2) is 17.2 Å². The molecule has 0 amide bonds. The molecule has 0 bridgehead atoms. The first-order valence-corrected chi connectivity index (χ1v) is 9.71. The van der Waals surface area contributed by atoms with Crippen molar-refractivity contribution in [3.05, 3.63) is 63.8 Å². The number of methoxy groups -OCH3 is 1. The highest BCUT2D eigenvalue weighted by Crippen LogP contribution is 2.30. The molecule has 0 saturated carbocycles. The Labute approximate surface area is 154 Å². The molecule has 0 fully saturated rings. The number of nitrogens with zero attached hydrogens (tertiary/aromatic N) is 1. The average Bonchev–Trinajstić information content (AvgIpc) is 2.94. The molecule has 0 atom stereocenters. The molecule has 1 aromatic heterocycles. The minimum absolute atomic E-state index is 0.0319. The Morgan fingerprint density at radius 2 is 1.72 bits per heavy atom. The van der Waals surface area contributed by atoms with Crippen molar-refractivity contribution in [1.29, 1.82) is 0 Å². The van der Waals surface area contributed by atoms with Crippen molar-refractivity contribution in [2.45, 2.75) is 18.7 Å². The van der Waals surface area contributed by atoms with Crippen LogP contribution in [0.3, 0.4) is 0 Å². The Kier molecular flexibility index (Phi) is 4.47. The summed E-state index contributed by atoms with van der Waals surface area (Å²) in [6.07, 6.45) is 0. The zero-order valence-corrected chi connectivity index (χ0v) is 16.3. The number of rotatable bonds is 3. The molecule has 25 heavy (non-hydrogen) atoms. The lowest BCUT2D eigenvalue weighted by Gasteiger charge is -2.11. The maximum Gasteiger partial charge on any atom is 0.355 e. The molecule has 0 N–H and O–H groups in total. The number of fused-ring (bicyclic) bond motifs is 1. The first-order valence-electron chi connectivity index (χ1n) is 7.48. The van der Waals surface area contributed by atoms with Crippen LogP contribution in [0.1, 0.15) is 21.6 Å². The van der Waals surface area contributed by atoms with Gasteiger partial charge in [0.25, 0.3) is 10.0 Å². The number of aryl methyl sites for hydroxylation is 2. The van der Waals surface area contributed by atoms with Gasteiger partial charge in [-0.2, -0.15) is 0 Å². The SMILES string of the molecule is COC(=O)c1cc2cc(C)c(Br)cc2n1S(=O)(=O)c1ccc(C)cc1. The Morgan fingerprint density at radius 3 is 2.32 bits per heavy atom. The molecule has 0 saturated heterocycles. The summed E-state index contributed by atoms with van der Waals surface area (Å²) in [7, 11) is -2.73. The number of hydrogen-bond acceptors (Lipinski definition) is 4. The third kappa shape index (κ3) is 2.98. The van der Waals surface area contributed by atoms with E-state index in [0.717, 1.165) is 19.6 Å². The number of aromatic nitrogens is 1. The molecular formula is C18H16BrNO4S. The summed E-state index contributed by atoms with van der Waals surface area (Å²) in [5.41, 5.74) is 2.27. The molecule has 0 spiro atoms. The lowest BCUT2D eigenvalue weighted by molar-refractivity contribution is 0.0593. The molecule has 0 aliphatic carbocycles. The smallest absolute Gasteiger partial charge is 0.355 e. The molecule has 7 heteroatoms. The van der Waals surface area contributed by atoms with Gasteiger partial charge in [0, 0.05) is 9.86 Å². The minimum atomic E-state index is -3.96. The predicted octanol–water partition coefficient (Wildman–Crippen LogP) is 4.04. The van der Waals surface area contributed by atoms with Crippen LogP contribution < -0.4 is 0 Å². The van der Waals surface area contributed by atoms with E-state index in [1.165, 1.54) is 25.3 Å². The second-order valence-electron chi connectivity index (χ2n) is 5.76. The maximum atomic E-state index is 13.2. The van der Waals surface area contributed by atoms with E-state index in [2.05, 4.69) is 15.9 Å². The second kappa shape index (κ2) is 6.31. The topological polar surface area (TPSA) is 65.4 Å². The summed E-state index contributed by atoms with van der Waals surface area (Å²) < 4.78 is 33.0.